The van der Waals surface area contributed by atoms with Crippen LogP contribution >= 0.6 is 0 Å². The van der Waals surface area contributed by atoms with Crippen LogP contribution in [0.5, 0.6) is 11.5 Å². The quantitative estimate of drug-likeness (QED) is 0.774. The van der Waals surface area contributed by atoms with Crippen LogP contribution in [0.1, 0.15) is 29.2 Å². The van der Waals surface area contributed by atoms with E-state index in [0.29, 0.717) is 12.6 Å². The molecule has 24 heavy (non-hydrogen) atoms. The third kappa shape index (κ3) is 3.55. The topological polar surface area (TPSA) is 30.9 Å². The fraction of sp³-hybridized carbons (Fsp3) is 0.400. The van der Waals surface area contributed by atoms with Gasteiger partial charge in [-0.05, 0) is 41.8 Å². The fourth-order valence-electron chi connectivity index (χ4n) is 3.29. The standard InChI is InChI=1S/C20H25NO3/c1-22-14-17-11-15(7-8-20(17)24-3)13-21-10-9-19(21)16-5-4-6-18(12-16)23-2/h4-8,11-12,19H,9-10,13-14H2,1-3H3/t19-/m0/s1. The zero-order valence-corrected chi connectivity index (χ0v) is 14.6. The molecule has 4 heteroatoms. The summed E-state index contributed by atoms with van der Waals surface area (Å²) < 4.78 is 16.0. The van der Waals surface area contributed by atoms with Gasteiger partial charge in [-0.15, -0.1) is 0 Å². The van der Waals surface area contributed by atoms with Gasteiger partial charge in [0.2, 0.25) is 0 Å². The highest BCUT2D eigenvalue weighted by atomic mass is 16.5. The number of methoxy groups -OCH3 is 3. The van der Waals surface area contributed by atoms with Gasteiger partial charge in [0.1, 0.15) is 11.5 Å². The van der Waals surface area contributed by atoms with Gasteiger partial charge in [0.25, 0.3) is 0 Å². The number of rotatable bonds is 7. The smallest absolute Gasteiger partial charge is 0.124 e. The minimum Gasteiger partial charge on any atom is -0.497 e. The molecule has 1 heterocycles. The highest BCUT2D eigenvalue weighted by molar-refractivity contribution is 5.37. The van der Waals surface area contributed by atoms with E-state index in [-0.39, 0.29) is 0 Å². The fourth-order valence-corrected chi connectivity index (χ4v) is 3.29. The molecule has 3 rings (SSSR count). The summed E-state index contributed by atoms with van der Waals surface area (Å²) in [4.78, 5) is 2.49. The van der Waals surface area contributed by atoms with E-state index in [1.54, 1.807) is 21.3 Å². The second kappa shape index (κ2) is 7.69. The largest absolute Gasteiger partial charge is 0.497 e. The molecule has 0 bridgehead atoms. The lowest BCUT2D eigenvalue weighted by Gasteiger charge is -2.41. The predicted octanol–water partition coefficient (Wildman–Crippen LogP) is 3.80. The molecule has 0 amide bonds. The van der Waals surface area contributed by atoms with E-state index in [4.69, 9.17) is 14.2 Å². The molecule has 0 unspecified atom stereocenters. The third-order valence-corrected chi connectivity index (χ3v) is 4.64. The Bertz CT molecular complexity index is 686. The Kier molecular flexibility index (Phi) is 5.38. The Balaban J connectivity index is 1.73. The van der Waals surface area contributed by atoms with Gasteiger partial charge in [-0.2, -0.15) is 0 Å². The maximum Gasteiger partial charge on any atom is 0.124 e. The molecular weight excluding hydrogens is 302 g/mol. The molecule has 2 aromatic rings. The first-order chi connectivity index (χ1) is 11.7. The van der Waals surface area contributed by atoms with Crippen LogP contribution in [0.3, 0.4) is 0 Å². The summed E-state index contributed by atoms with van der Waals surface area (Å²) in [6, 6.07) is 15.2. The molecule has 128 valence electrons. The number of hydrogen-bond acceptors (Lipinski definition) is 4. The summed E-state index contributed by atoms with van der Waals surface area (Å²) in [5.74, 6) is 1.81. The minimum absolute atomic E-state index is 0.466. The molecule has 0 saturated carbocycles. The van der Waals surface area contributed by atoms with Gasteiger partial charge < -0.3 is 14.2 Å². The van der Waals surface area contributed by atoms with Gasteiger partial charge >= 0.3 is 0 Å². The summed E-state index contributed by atoms with van der Waals surface area (Å²) >= 11 is 0. The van der Waals surface area contributed by atoms with Crippen LogP contribution < -0.4 is 9.47 Å². The Morgan fingerprint density at radius 1 is 1.04 bits per heavy atom. The zero-order chi connectivity index (χ0) is 16.9. The Morgan fingerprint density at radius 2 is 1.92 bits per heavy atom. The highest BCUT2D eigenvalue weighted by Crippen LogP contribution is 2.36. The van der Waals surface area contributed by atoms with E-state index >= 15 is 0 Å². The number of hydrogen-bond donors (Lipinski definition) is 0. The molecule has 1 fully saturated rings. The number of likely N-dealkylation sites (tertiary alicyclic amines) is 1. The van der Waals surface area contributed by atoms with Crippen LogP contribution in [0.4, 0.5) is 0 Å². The first-order valence-corrected chi connectivity index (χ1v) is 8.28. The van der Waals surface area contributed by atoms with E-state index in [2.05, 4.69) is 35.2 Å². The lowest BCUT2D eigenvalue weighted by Crippen LogP contribution is -2.40. The molecule has 0 radical (unpaired) electrons. The second-order valence-corrected chi connectivity index (χ2v) is 6.13. The normalized spacial score (nSPS) is 17.4. The summed E-state index contributed by atoms with van der Waals surface area (Å²) in [6.45, 7) is 2.62. The molecule has 4 nitrogen and oxygen atoms in total. The van der Waals surface area contributed by atoms with Crippen molar-refractivity contribution in [2.45, 2.75) is 25.6 Å². The van der Waals surface area contributed by atoms with E-state index < -0.39 is 0 Å². The SMILES string of the molecule is COCc1cc(CN2CC[C@H]2c2cccc(OC)c2)ccc1OC. The summed E-state index contributed by atoms with van der Waals surface area (Å²) in [6.07, 6.45) is 1.19. The Hall–Kier alpha value is -2.04. The van der Waals surface area contributed by atoms with Gasteiger partial charge in [-0.1, -0.05) is 18.2 Å². The van der Waals surface area contributed by atoms with Crippen molar-refractivity contribution in [3.05, 3.63) is 59.2 Å². The van der Waals surface area contributed by atoms with Crippen LogP contribution in [0.15, 0.2) is 42.5 Å². The van der Waals surface area contributed by atoms with Crippen LogP contribution in [0.25, 0.3) is 0 Å². The van der Waals surface area contributed by atoms with E-state index in [1.807, 2.05) is 12.1 Å². The van der Waals surface area contributed by atoms with Crippen LogP contribution in [0, 0.1) is 0 Å². The molecule has 1 aliphatic rings. The molecule has 0 aliphatic carbocycles. The lowest BCUT2D eigenvalue weighted by atomic mass is 9.93. The van der Waals surface area contributed by atoms with E-state index in [9.17, 15) is 0 Å². The average molecular weight is 327 g/mol. The predicted molar refractivity (Wildman–Crippen MR) is 94.5 cm³/mol. The zero-order valence-electron chi connectivity index (χ0n) is 14.6. The van der Waals surface area contributed by atoms with Crippen molar-refractivity contribution in [2.75, 3.05) is 27.9 Å². The summed E-state index contributed by atoms with van der Waals surface area (Å²) in [7, 11) is 5.12. The first-order valence-electron chi connectivity index (χ1n) is 8.28. The molecule has 1 aliphatic heterocycles. The van der Waals surface area contributed by atoms with Crippen molar-refractivity contribution in [3.8, 4) is 11.5 Å². The molecule has 1 atom stereocenters. The number of benzene rings is 2. The maximum atomic E-state index is 5.41. The first kappa shape index (κ1) is 16.8. The minimum atomic E-state index is 0.466. The second-order valence-electron chi connectivity index (χ2n) is 6.13. The molecule has 0 aromatic heterocycles. The third-order valence-electron chi connectivity index (χ3n) is 4.64. The van der Waals surface area contributed by atoms with Crippen molar-refractivity contribution in [2.24, 2.45) is 0 Å². The monoisotopic (exact) mass is 327 g/mol. The summed E-state index contributed by atoms with van der Waals surface area (Å²) in [5.41, 5.74) is 3.71. The highest BCUT2D eigenvalue weighted by Gasteiger charge is 2.29. The van der Waals surface area contributed by atoms with Crippen molar-refractivity contribution in [3.63, 3.8) is 0 Å². The number of ether oxygens (including phenoxy) is 3. The van der Waals surface area contributed by atoms with Crippen molar-refractivity contribution < 1.29 is 14.2 Å². The van der Waals surface area contributed by atoms with Crippen molar-refractivity contribution in [1.82, 2.24) is 4.90 Å². The Morgan fingerprint density at radius 3 is 2.58 bits per heavy atom. The van der Waals surface area contributed by atoms with Crippen LogP contribution in [-0.4, -0.2) is 32.8 Å². The molecule has 1 saturated heterocycles. The lowest BCUT2D eigenvalue weighted by molar-refractivity contribution is 0.0816. The Labute approximate surface area is 144 Å². The van der Waals surface area contributed by atoms with E-state index in [1.165, 1.54) is 17.5 Å². The van der Waals surface area contributed by atoms with Gasteiger partial charge in [-0.25, -0.2) is 0 Å². The van der Waals surface area contributed by atoms with Gasteiger partial charge in [0.15, 0.2) is 0 Å². The van der Waals surface area contributed by atoms with E-state index in [0.717, 1.165) is 30.2 Å². The molecule has 2 aromatic carbocycles. The van der Waals surface area contributed by atoms with Gasteiger partial charge in [0, 0.05) is 31.8 Å². The summed E-state index contributed by atoms with van der Waals surface area (Å²) in [5, 5.41) is 0. The van der Waals surface area contributed by atoms with Gasteiger partial charge in [0.05, 0.1) is 20.8 Å². The average Bonchev–Trinajstić information content (AvgIpc) is 2.59. The van der Waals surface area contributed by atoms with Gasteiger partial charge in [-0.3, -0.25) is 4.90 Å². The number of nitrogens with zero attached hydrogens (tertiary/aromatic N) is 1. The van der Waals surface area contributed by atoms with Crippen molar-refractivity contribution in [1.29, 1.82) is 0 Å². The molecule has 0 N–H and O–H groups in total. The van der Waals surface area contributed by atoms with Crippen molar-refractivity contribution >= 4 is 0 Å². The maximum absolute atomic E-state index is 5.41. The van der Waals surface area contributed by atoms with Crippen LogP contribution in [0.2, 0.25) is 0 Å². The van der Waals surface area contributed by atoms with Crippen LogP contribution in [-0.2, 0) is 17.9 Å². The molecule has 0 spiro atoms. The molecular formula is C20H25NO3.